The van der Waals surface area contributed by atoms with E-state index in [1.54, 1.807) is 41.3 Å². The summed E-state index contributed by atoms with van der Waals surface area (Å²) in [4.78, 5) is 1.55. The summed E-state index contributed by atoms with van der Waals surface area (Å²) in [6.07, 6.45) is -4.41. The molecule has 1 saturated heterocycles. The maximum absolute atomic E-state index is 13.6. The maximum Gasteiger partial charge on any atom is 0.393 e. The molecule has 3 nitrogen and oxygen atoms in total. The SMILES string of the molecule is OCC1CC(C(F)(F)F)CN1c1ccc(Oc2ccccc2F)cc1. The third-order valence-electron chi connectivity index (χ3n) is 4.32. The average Bonchev–Trinajstić information content (AvgIpc) is 3.02. The predicted octanol–water partition coefficient (Wildman–Crippen LogP) is 4.37. The molecule has 2 aromatic carbocycles. The van der Waals surface area contributed by atoms with Crippen LogP contribution in [0.5, 0.6) is 11.5 Å². The monoisotopic (exact) mass is 355 g/mol. The Kier molecular flexibility index (Phi) is 4.85. The van der Waals surface area contributed by atoms with Gasteiger partial charge in [-0.25, -0.2) is 4.39 Å². The smallest absolute Gasteiger partial charge is 0.393 e. The quantitative estimate of drug-likeness (QED) is 0.827. The summed E-state index contributed by atoms with van der Waals surface area (Å²) in [6.45, 7) is -0.539. The third kappa shape index (κ3) is 3.87. The van der Waals surface area contributed by atoms with Crippen LogP contribution in [0.1, 0.15) is 6.42 Å². The number of hydrogen-bond donors (Lipinski definition) is 1. The van der Waals surface area contributed by atoms with Crippen molar-refractivity contribution in [2.45, 2.75) is 18.6 Å². The molecule has 0 radical (unpaired) electrons. The molecule has 1 N–H and O–H groups in total. The number of rotatable bonds is 4. The number of nitrogens with zero attached hydrogens (tertiary/aromatic N) is 1. The van der Waals surface area contributed by atoms with Gasteiger partial charge in [-0.3, -0.25) is 0 Å². The van der Waals surface area contributed by atoms with Gasteiger partial charge in [-0.1, -0.05) is 12.1 Å². The van der Waals surface area contributed by atoms with Gasteiger partial charge in [-0.2, -0.15) is 13.2 Å². The van der Waals surface area contributed by atoms with Crippen molar-refractivity contribution in [3.63, 3.8) is 0 Å². The topological polar surface area (TPSA) is 32.7 Å². The number of para-hydroxylation sites is 1. The van der Waals surface area contributed by atoms with Gasteiger partial charge in [0.2, 0.25) is 0 Å². The van der Waals surface area contributed by atoms with E-state index in [0.717, 1.165) is 0 Å². The fraction of sp³-hybridized carbons (Fsp3) is 0.333. The minimum absolute atomic E-state index is 0.0711. The van der Waals surface area contributed by atoms with Crippen LogP contribution >= 0.6 is 0 Å². The van der Waals surface area contributed by atoms with Crippen molar-refractivity contribution in [2.24, 2.45) is 5.92 Å². The highest BCUT2D eigenvalue weighted by Gasteiger charge is 2.47. The molecule has 1 aliphatic rings. The molecule has 1 fully saturated rings. The van der Waals surface area contributed by atoms with Crippen LogP contribution < -0.4 is 9.64 Å². The van der Waals surface area contributed by atoms with Gasteiger partial charge in [-0.05, 0) is 42.8 Å². The fourth-order valence-electron chi connectivity index (χ4n) is 3.00. The molecule has 0 aliphatic carbocycles. The van der Waals surface area contributed by atoms with Crippen molar-refractivity contribution in [1.29, 1.82) is 0 Å². The summed E-state index contributed by atoms with van der Waals surface area (Å²) in [6, 6.07) is 11.7. The van der Waals surface area contributed by atoms with Crippen molar-refractivity contribution >= 4 is 5.69 Å². The van der Waals surface area contributed by atoms with E-state index in [1.165, 1.54) is 12.1 Å². The first-order chi connectivity index (χ1) is 11.9. The van der Waals surface area contributed by atoms with E-state index in [-0.39, 0.29) is 25.3 Å². The normalized spacial score (nSPS) is 20.8. The highest BCUT2D eigenvalue weighted by atomic mass is 19.4. The Morgan fingerprint density at radius 1 is 1.08 bits per heavy atom. The van der Waals surface area contributed by atoms with Gasteiger partial charge in [-0.15, -0.1) is 0 Å². The van der Waals surface area contributed by atoms with Crippen molar-refractivity contribution in [3.8, 4) is 11.5 Å². The Morgan fingerprint density at radius 3 is 2.36 bits per heavy atom. The zero-order chi connectivity index (χ0) is 18.0. The lowest BCUT2D eigenvalue weighted by Crippen LogP contribution is -2.32. The molecule has 0 aromatic heterocycles. The summed E-state index contributed by atoms with van der Waals surface area (Å²) in [5.41, 5.74) is 0.562. The maximum atomic E-state index is 13.6. The fourth-order valence-corrected chi connectivity index (χ4v) is 3.00. The number of ether oxygens (including phenoxy) is 1. The van der Waals surface area contributed by atoms with Gasteiger partial charge < -0.3 is 14.7 Å². The number of benzene rings is 2. The first-order valence-electron chi connectivity index (χ1n) is 7.85. The summed E-state index contributed by atoms with van der Waals surface area (Å²) >= 11 is 0. The number of aliphatic hydroxyl groups excluding tert-OH is 1. The van der Waals surface area contributed by atoms with Crippen molar-refractivity contribution in [3.05, 3.63) is 54.3 Å². The zero-order valence-corrected chi connectivity index (χ0v) is 13.2. The van der Waals surface area contributed by atoms with E-state index >= 15 is 0 Å². The lowest BCUT2D eigenvalue weighted by molar-refractivity contribution is -0.168. The van der Waals surface area contributed by atoms with Crippen molar-refractivity contribution in [2.75, 3.05) is 18.1 Å². The molecule has 2 unspecified atom stereocenters. The summed E-state index contributed by atoms with van der Waals surface area (Å²) in [5, 5.41) is 9.39. The van der Waals surface area contributed by atoms with E-state index in [4.69, 9.17) is 4.74 Å². The number of hydrogen-bond acceptors (Lipinski definition) is 3. The molecule has 1 aliphatic heterocycles. The van der Waals surface area contributed by atoms with E-state index in [1.807, 2.05) is 0 Å². The highest BCUT2D eigenvalue weighted by Crippen LogP contribution is 2.39. The Labute approximate surface area is 142 Å². The first kappa shape index (κ1) is 17.5. The van der Waals surface area contributed by atoms with Crippen LogP contribution in [0.4, 0.5) is 23.2 Å². The van der Waals surface area contributed by atoms with Gasteiger partial charge in [0.05, 0.1) is 18.6 Å². The molecule has 0 bridgehead atoms. The number of anilines is 1. The Hall–Kier alpha value is -2.28. The summed E-state index contributed by atoms with van der Waals surface area (Å²) in [7, 11) is 0. The Balaban J connectivity index is 1.74. The van der Waals surface area contributed by atoms with E-state index in [2.05, 4.69) is 0 Å². The van der Waals surface area contributed by atoms with Crippen LogP contribution in [0.15, 0.2) is 48.5 Å². The van der Waals surface area contributed by atoms with Gasteiger partial charge in [0.15, 0.2) is 11.6 Å². The van der Waals surface area contributed by atoms with E-state index in [0.29, 0.717) is 11.4 Å². The zero-order valence-electron chi connectivity index (χ0n) is 13.2. The van der Waals surface area contributed by atoms with Crippen molar-refractivity contribution < 1.29 is 27.4 Å². The second-order valence-electron chi connectivity index (χ2n) is 5.99. The average molecular weight is 355 g/mol. The van der Waals surface area contributed by atoms with Crippen LogP contribution in [-0.2, 0) is 0 Å². The molecule has 1 heterocycles. The third-order valence-corrected chi connectivity index (χ3v) is 4.32. The summed E-state index contributed by atoms with van der Waals surface area (Å²) in [5.74, 6) is -1.51. The number of halogens is 4. The number of aliphatic hydroxyl groups is 1. The lowest BCUT2D eigenvalue weighted by Gasteiger charge is -2.25. The van der Waals surface area contributed by atoms with Crippen molar-refractivity contribution in [1.82, 2.24) is 0 Å². The lowest BCUT2D eigenvalue weighted by atomic mass is 10.1. The van der Waals surface area contributed by atoms with Crippen LogP contribution in [0.3, 0.4) is 0 Å². The minimum Gasteiger partial charge on any atom is -0.454 e. The number of alkyl halides is 3. The largest absolute Gasteiger partial charge is 0.454 e. The Morgan fingerprint density at radius 2 is 1.76 bits per heavy atom. The molecule has 7 heteroatoms. The summed E-state index contributed by atoms with van der Waals surface area (Å²) < 4.78 is 57.8. The van der Waals surface area contributed by atoms with E-state index in [9.17, 15) is 22.7 Å². The van der Waals surface area contributed by atoms with Gasteiger partial charge >= 0.3 is 6.18 Å². The molecule has 134 valence electrons. The van der Waals surface area contributed by atoms with Gasteiger partial charge in [0.1, 0.15) is 5.75 Å². The molecule has 0 spiro atoms. The molecule has 25 heavy (non-hydrogen) atoms. The van der Waals surface area contributed by atoms with Crippen LogP contribution in [0.2, 0.25) is 0 Å². The highest BCUT2D eigenvalue weighted by molar-refractivity contribution is 5.51. The van der Waals surface area contributed by atoms with Crippen LogP contribution in [0, 0.1) is 11.7 Å². The second kappa shape index (κ2) is 6.92. The Bertz CT molecular complexity index is 718. The van der Waals surface area contributed by atoms with Crippen LogP contribution in [-0.4, -0.2) is 30.5 Å². The molecule has 0 amide bonds. The standard InChI is InChI=1S/C18H17F4NO2/c19-16-3-1-2-4-17(16)25-15-7-5-13(6-8-15)23-10-12(18(20,21)22)9-14(23)11-24/h1-8,12,14,24H,9-11H2. The molecular formula is C18H17F4NO2. The van der Waals surface area contributed by atoms with Gasteiger partial charge in [0.25, 0.3) is 0 Å². The van der Waals surface area contributed by atoms with Gasteiger partial charge in [0, 0.05) is 12.2 Å². The molecule has 2 aromatic rings. The second-order valence-corrected chi connectivity index (χ2v) is 5.99. The predicted molar refractivity (Wildman–Crippen MR) is 85.3 cm³/mol. The molecule has 0 saturated carbocycles. The van der Waals surface area contributed by atoms with E-state index < -0.39 is 24.0 Å². The molecular weight excluding hydrogens is 338 g/mol. The first-order valence-corrected chi connectivity index (χ1v) is 7.85. The molecule has 3 rings (SSSR count). The minimum atomic E-state index is -4.28. The van der Waals surface area contributed by atoms with Crippen LogP contribution in [0.25, 0.3) is 0 Å². The molecule has 2 atom stereocenters.